The van der Waals surface area contributed by atoms with Gasteiger partial charge in [0, 0.05) is 18.1 Å². The van der Waals surface area contributed by atoms with Gasteiger partial charge in [-0.05, 0) is 37.2 Å². The van der Waals surface area contributed by atoms with Crippen molar-refractivity contribution in [3.05, 3.63) is 29.3 Å². The van der Waals surface area contributed by atoms with Gasteiger partial charge < -0.3 is 5.32 Å². The van der Waals surface area contributed by atoms with Gasteiger partial charge in [0.25, 0.3) is 0 Å². The minimum Gasteiger partial charge on any atom is -0.315 e. The molecule has 0 bridgehead atoms. The van der Waals surface area contributed by atoms with E-state index in [0.29, 0.717) is 18.1 Å². The number of rotatable bonds is 8. The molecule has 6 heteroatoms. The molecular formula is C12H19ClN2O2S. The molecule has 0 amide bonds. The van der Waals surface area contributed by atoms with Crippen molar-refractivity contribution in [2.24, 2.45) is 0 Å². The first-order valence-electron chi connectivity index (χ1n) is 6.02. The van der Waals surface area contributed by atoms with E-state index in [-0.39, 0.29) is 4.90 Å². The van der Waals surface area contributed by atoms with Crippen LogP contribution in [0.15, 0.2) is 29.2 Å². The van der Waals surface area contributed by atoms with Gasteiger partial charge in [0.1, 0.15) is 0 Å². The van der Waals surface area contributed by atoms with E-state index in [1.54, 1.807) is 12.1 Å². The molecule has 0 heterocycles. The third-order valence-corrected chi connectivity index (χ3v) is 4.15. The fourth-order valence-corrected chi connectivity index (χ4v) is 2.56. The van der Waals surface area contributed by atoms with Crippen LogP contribution in [0, 0.1) is 0 Å². The number of halogens is 1. The van der Waals surface area contributed by atoms with Crippen LogP contribution < -0.4 is 10.0 Å². The van der Waals surface area contributed by atoms with E-state index >= 15 is 0 Å². The Labute approximate surface area is 114 Å². The Morgan fingerprint density at radius 1 is 1.11 bits per heavy atom. The topological polar surface area (TPSA) is 58.2 Å². The predicted octanol–water partition coefficient (Wildman–Crippen LogP) is 2.01. The second kappa shape index (κ2) is 7.74. The second-order valence-corrected chi connectivity index (χ2v) is 6.16. The average Bonchev–Trinajstić information content (AvgIpc) is 2.34. The Kier molecular flexibility index (Phi) is 6.63. The molecule has 0 aromatic heterocycles. The Morgan fingerprint density at radius 2 is 1.78 bits per heavy atom. The zero-order chi connectivity index (χ0) is 13.4. The Morgan fingerprint density at radius 3 is 2.39 bits per heavy atom. The van der Waals surface area contributed by atoms with Crippen molar-refractivity contribution in [2.75, 3.05) is 19.6 Å². The van der Waals surface area contributed by atoms with Crippen LogP contribution in [-0.4, -0.2) is 28.1 Å². The van der Waals surface area contributed by atoms with Crippen molar-refractivity contribution in [3.8, 4) is 0 Å². The van der Waals surface area contributed by atoms with Crippen LogP contribution in [-0.2, 0) is 10.0 Å². The molecule has 0 aliphatic rings. The highest BCUT2D eigenvalue weighted by Crippen LogP contribution is 2.13. The van der Waals surface area contributed by atoms with Gasteiger partial charge in [0.15, 0.2) is 0 Å². The van der Waals surface area contributed by atoms with Crippen LogP contribution in [0.5, 0.6) is 0 Å². The van der Waals surface area contributed by atoms with Crippen molar-refractivity contribution < 1.29 is 8.42 Å². The van der Waals surface area contributed by atoms with E-state index in [0.717, 1.165) is 19.4 Å². The molecule has 0 spiro atoms. The molecule has 0 radical (unpaired) electrons. The first kappa shape index (κ1) is 15.4. The second-order valence-electron chi connectivity index (χ2n) is 3.96. The molecular weight excluding hydrogens is 272 g/mol. The fourth-order valence-electron chi connectivity index (χ4n) is 1.40. The summed E-state index contributed by atoms with van der Waals surface area (Å²) in [6.07, 6.45) is 2.23. The standard InChI is InChI=1S/C12H19ClN2O2S/c1-2-3-8-14-9-10-15-18(16,17)12-6-4-11(13)5-7-12/h4-7,14-15H,2-3,8-10H2,1H3. The van der Waals surface area contributed by atoms with Gasteiger partial charge in [0.2, 0.25) is 10.0 Å². The van der Waals surface area contributed by atoms with Gasteiger partial charge >= 0.3 is 0 Å². The normalized spacial score (nSPS) is 11.7. The third-order valence-electron chi connectivity index (χ3n) is 2.42. The summed E-state index contributed by atoms with van der Waals surface area (Å²) in [6, 6.07) is 6.12. The van der Waals surface area contributed by atoms with E-state index in [4.69, 9.17) is 11.6 Å². The largest absolute Gasteiger partial charge is 0.315 e. The number of hydrogen-bond donors (Lipinski definition) is 2. The summed E-state index contributed by atoms with van der Waals surface area (Å²) < 4.78 is 26.2. The lowest BCUT2D eigenvalue weighted by molar-refractivity contribution is 0.573. The van der Waals surface area contributed by atoms with Crippen LogP contribution in [0.4, 0.5) is 0 Å². The first-order valence-corrected chi connectivity index (χ1v) is 7.88. The molecule has 4 nitrogen and oxygen atoms in total. The highest BCUT2D eigenvalue weighted by molar-refractivity contribution is 7.89. The molecule has 1 rings (SSSR count). The fraction of sp³-hybridized carbons (Fsp3) is 0.500. The Bertz CT molecular complexity index is 446. The number of unbranched alkanes of at least 4 members (excludes halogenated alkanes) is 1. The molecule has 0 saturated carbocycles. The highest BCUT2D eigenvalue weighted by Gasteiger charge is 2.12. The molecule has 0 atom stereocenters. The molecule has 0 saturated heterocycles. The molecule has 102 valence electrons. The first-order chi connectivity index (χ1) is 8.56. The molecule has 1 aromatic carbocycles. The van der Waals surface area contributed by atoms with E-state index in [2.05, 4.69) is 17.0 Å². The monoisotopic (exact) mass is 290 g/mol. The summed E-state index contributed by atoms with van der Waals surface area (Å²) in [4.78, 5) is 0.237. The van der Waals surface area contributed by atoms with Crippen LogP contribution >= 0.6 is 11.6 Å². The van der Waals surface area contributed by atoms with Crippen LogP contribution in [0.2, 0.25) is 5.02 Å². The molecule has 18 heavy (non-hydrogen) atoms. The quantitative estimate of drug-likeness (QED) is 0.720. The van der Waals surface area contributed by atoms with E-state index in [9.17, 15) is 8.42 Å². The Hall–Kier alpha value is -0.620. The van der Waals surface area contributed by atoms with Crippen molar-refractivity contribution in [1.82, 2.24) is 10.0 Å². The minimum absolute atomic E-state index is 0.237. The SMILES string of the molecule is CCCCNCCNS(=O)(=O)c1ccc(Cl)cc1. The molecule has 0 aliphatic carbocycles. The Balaban J connectivity index is 2.38. The molecule has 1 aromatic rings. The molecule has 0 aliphatic heterocycles. The molecule has 0 unspecified atom stereocenters. The zero-order valence-corrected chi connectivity index (χ0v) is 12.0. The number of hydrogen-bond acceptors (Lipinski definition) is 3. The van der Waals surface area contributed by atoms with E-state index in [1.165, 1.54) is 12.1 Å². The van der Waals surface area contributed by atoms with Gasteiger partial charge in [-0.3, -0.25) is 0 Å². The third kappa shape index (κ3) is 5.35. The van der Waals surface area contributed by atoms with Crippen molar-refractivity contribution in [2.45, 2.75) is 24.7 Å². The number of nitrogens with one attached hydrogen (secondary N) is 2. The van der Waals surface area contributed by atoms with Crippen LogP contribution in [0.1, 0.15) is 19.8 Å². The highest BCUT2D eigenvalue weighted by atomic mass is 35.5. The van der Waals surface area contributed by atoms with Gasteiger partial charge in [-0.1, -0.05) is 24.9 Å². The van der Waals surface area contributed by atoms with E-state index in [1.807, 2.05) is 0 Å². The maximum absolute atomic E-state index is 11.9. The predicted molar refractivity (Wildman–Crippen MR) is 74.4 cm³/mol. The number of sulfonamides is 1. The van der Waals surface area contributed by atoms with Gasteiger partial charge in [-0.25, -0.2) is 13.1 Å². The maximum Gasteiger partial charge on any atom is 0.240 e. The lowest BCUT2D eigenvalue weighted by Crippen LogP contribution is -2.32. The van der Waals surface area contributed by atoms with Gasteiger partial charge in [-0.2, -0.15) is 0 Å². The lowest BCUT2D eigenvalue weighted by atomic mass is 10.3. The smallest absolute Gasteiger partial charge is 0.240 e. The summed E-state index contributed by atoms with van der Waals surface area (Å²) in [5, 5.41) is 3.69. The summed E-state index contributed by atoms with van der Waals surface area (Å²) in [5.41, 5.74) is 0. The summed E-state index contributed by atoms with van der Waals surface area (Å²) in [7, 11) is -3.42. The average molecular weight is 291 g/mol. The number of benzene rings is 1. The van der Waals surface area contributed by atoms with Crippen molar-refractivity contribution >= 4 is 21.6 Å². The summed E-state index contributed by atoms with van der Waals surface area (Å²) in [6.45, 7) is 4.05. The van der Waals surface area contributed by atoms with Crippen molar-refractivity contribution in [3.63, 3.8) is 0 Å². The van der Waals surface area contributed by atoms with Crippen LogP contribution in [0.25, 0.3) is 0 Å². The van der Waals surface area contributed by atoms with Gasteiger partial charge in [0.05, 0.1) is 4.90 Å². The van der Waals surface area contributed by atoms with Crippen molar-refractivity contribution in [1.29, 1.82) is 0 Å². The molecule has 2 N–H and O–H groups in total. The molecule has 0 fully saturated rings. The summed E-state index contributed by atoms with van der Waals surface area (Å²) in [5.74, 6) is 0. The minimum atomic E-state index is -3.42. The summed E-state index contributed by atoms with van der Waals surface area (Å²) >= 11 is 5.71. The zero-order valence-electron chi connectivity index (χ0n) is 10.4. The lowest BCUT2D eigenvalue weighted by Gasteiger charge is -2.07. The van der Waals surface area contributed by atoms with Gasteiger partial charge in [-0.15, -0.1) is 0 Å². The van der Waals surface area contributed by atoms with Crippen LogP contribution in [0.3, 0.4) is 0 Å². The van der Waals surface area contributed by atoms with E-state index < -0.39 is 10.0 Å². The maximum atomic E-state index is 11.9.